The van der Waals surface area contributed by atoms with E-state index in [2.05, 4.69) is 5.32 Å². The van der Waals surface area contributed by atoms with Crippen LogP contribution >= 0.6 is 23.2 Å². The molecule has 0 atom stereocenters. The van der Waals surface area contributed by atoms with E-state index in [0.29, 0.717) is 21.4 Å². The van der Waals surface area contributed by atoms with Crippen molar-refractivity contribution in [1.29, 1.82) is 5.26 Å². The number of alkyl halides is 3. The van der Waals surface area contributed by atoms with Gasteiger partial charge in [-0.1, -0.05) is 23.2 Å². The van der Waals surface area contributed by atoms with Gasteiger partial charge in [0.25, 0.3) is 0 Å². The van der Waals surface area contributed by atoms with Crippen molar-refractivity contribution >= 4 is 34.6 Å². The first kappa shape index (κ1) is 15.5. The quantitative estimate of drug-likeness (QED) is 0.774. The molecule has 0 aliphatic heterocycles. The number of halogens is 5. The zero-order chi connectivity index (χ0) is 15.6. The van der Waals surface area contributed by atoms with Crippen LogP contribution in [0.25, 0.3) is 0 Å². The van der Waals surface area contributed by atoms with Gasteiger partial charge in [-0.05, 0) is 36.4 Å². The number of hydrogen-bond donors (Lipinski definition) is 1. The molecule has 21 heavy (non-hydrogen) atoms. The van der Waals surface area contributed by atoms with Gasteiger partial charge in [-0.15, -0.1) is 0 Å². The van der Waals surface area contributed by atoms with Gasteiger partial charge in [-0.25, -0.2) is 0 Å². The standard InChI is InChI=1S/C14H7Cl2F3N2/c15-12-4-2-10(6-13(12)16)21-9-1-3-11(14(17,18)19)8(5-9)7-20/h1-6,21H. The molecular weight excluding hydrogens is 324 g/mol. The minimum absolute atomic E-state index is 0.314. The van der Waals surface area contributed by atoms with Gasteiger partial charge in [-0.2, -0.15) is 18.4 Å². The Morgan fingerprint density at radius 1 is 0.952 bits per heavy atom. The predicted octanol–water partition coefficient (Wildman–Crippen LogP) is 5.63. The Hall–Kier alpha value is -1.90. The smallest absolute Gasteiger partial charge is 0.355 e. The summed E-state index contributed by atoms with van der Waals surface area (Å²) in [4.78, 5) is 0. The fourth-order valence-electron chi connectivity index (χ4n) is 1.70. The van der Waals surface area contributed by atoms with Crippen LogP contribution < -0.4 is 5.32 Å². The van der Waals surface area contributed by atoms with Crippen LogP contribution in [-0.4, -0.2) is 0 Å². The summed E-state index contributed by atoms with van der Waals surface area (Å²) < 4.78 is 38.1. The molecule has 0 amide bonds. The summed E-state index contributed by atoms with van der Waals surface area (Å²) in [6, 6.07) is 9.49. The highest BCUT2D eigenvalue weighted by Crippen LogP contribution is 2.34. The Labute approximate surface area is 128 Å². The van der Waals surface area contributed by atoms with Crippen molar-refractivity contribution in [1.82, 2.24) is 0 Å². The highest BCUT2D eigenvalue weighted by atomic mass is 35.5. The lowest BCUT2D eigenvalue weighted by Crippen LogP contribution is -2.08. The second-order valence-electron chi connectivity index (χ2n) is 4.12. The monoisotopic (exact) mass is 330 g/mol. The minimum Gasteiger partial charge on any atom is -0.355 e. The largest absolute Gasteiger partial charge is 0.417 e. The third kappa shape index (κ3) is 3.60. The van der Waals surface area contributed by atoms with E-state index < -0.39 is 17.3 Å². The summed E-state index contributed by atoms with van der Waals surface area (Å²) in [7, 11) is 0. The molecule has 2 nitrogen and oxygen atoms in total. The van der Waals surface area contributed by atoms with Crippen LogP contribution in [0.5, 0.6) is 0 Å². The first-order chi connectivity index (χ1) is 9.81. The van der Waals surface area contributed by atoms with Crippen LogP contribution in [-0.2, 0) is 6.18 Å². The molecule has 0 radical (unpaired) electrons. The van der Waals surface area contributed by atoms with Crippen LogP contribution in [0.1, 0.15) is 11.1 Å². The summed E-state index contributed by atoms with van der Waals surface area (Å²) >= 11 is 11.6. The lowest BCUT2D eigenvalue weighted by molar-refractivity contribution is -0.137. The number of nitriles is 1. The fraction of sp³-hybridized carbons (Fsp3) is 0.0714. The average molecular weight is 331 g/mol. The molecule has 7 heteroatoms. The molecule has 0 bridgehead atoms. The molecule has 1 N–H and O–H groups in total. The van der Waals surface area contributed by atoms with Gasteiger partial charge in [0.2, 0.25) is 0 Å². The third-order valence-corrected chi connectivity index (χ3v) is 3.39. The highest BCUT2D eigenvalue weighted by Gasteiger charge is 2.33. The van der Waals surface area contributed by atoms with E-state index in [4.69, 9.17) is 28.5 Å². The molecule has 0 spiro atoms. The van der Waals surface area contributed by atoms with Gasteiger partial charge in [0.15, 0.2) is 0 Å². The first-order valence-corrected chi connectivity index (χ1v) is 6.40. The van der Waals surface area contributed by atoms with E-state index in [9.17, 15) is 13.2 Å². The zero-order valence-corrected chi connectivity index (χ0v) is 11.8. The van der Waals surface area contributed by atoms with Gasteiger partial charge < -0.3 is 5.32 Å². The number of nitrogens with one attached hydrogen (secondary N) is 1. The Morgan fingerprint density at radius 2 is 1.57 bits per heavy atom. The lowest BCUT2D eigenvalue weighted by atomic mass is 10.1. The lowest BCUT2D eigenvalue weighted by Gasteiger charge is -2.12. The van der Waals surface area contributed by atoms with E-state index >= 15 is 0 Å². The van der Waals surface area contributed by atoms with Crippen LogP contribution in [0.2, 0.25) is 10.0 Å². The summed E-state index contributed by atoms with van der Waals surface area (Å²) in [6.07, 6.45) is -4.56. The van der Waals surface area contributed by atoms with Crippen molar-refractivity contribution < 1.29 is 13.2 Å². The van der Waals surface area contributed by atoms with Crippen molar-refractivity contribution in [3.8, 4) is 6.07 Å². The molecule has 0 aliphatic rings. The average Bonchev–Trinajstić information content (AvgIpc) is 2.41. The number of hydrogen-bond acceptors (Lipinski definition) is 2. The molecule has 2 aromatic rings. The van der Waals surface area contributed by atoms with Crippen LogP contribution in [0.15, 0.2) is 36.4 Å². The molecule has 0 aliphatic carbocycles. The summed E-state index contributed by atoms with van der Waals surface area (Å²) in [5.41, 5.74) is -0.525. The van der Waals surface area contributed by atoms with Crippen molar-refractivity contribution in [3.05, 3.63) is 57.6 Å². The maximum Gasteiger partial charge on any atom is 0.417 e. The van der Waals surface area contributed by atoms with Gasteiger partial charge in [0, 0.05) is 11.4 Å². The highest BCUT2D eigenvalue weighted by molar-refractivity contribution is 6.42. The normalized spacial score (nSPS) is 11.0. The molecule has 0 aromatic heterocycles. The minimum atomic E-state index is -4.56. The number of nitrogens with zero attached hydrogens (tertiary/aromatic N) is 1. The van der Waals surface area contributed by atoms with Gasteiger partial charge >= 0.3 is 6.18 Å². The van der Waals surface area contributed by atoms with E-state index in [1.165, 1.54) is 12.1 Å². The van der Waals surface area contributed by atoms with Crippen molar-refractivity contribution in [2.45, 2.75) is 6.18 Å². The Bertz CT molecular complexity index is 721. The molecule has 0 heterocycles. The Morgan fingerprint density at radius 3 is 2.14 bits per heavy atom. The molecule has 2 rings (SSSR count). The number of anilines is 2. The zero-order valence-electron chi connectivity index (χ0n) is 10.3. The van der Waals surface area contributed by atoms with Crippen LogP contribution in [0.4, 0.5) is 24.5 Å². The predicted molar refractivity (Wildman–Crippen MR) is 75.9 cm³/mol. The Kier molecular flexibility index (Phi) is 4.31. The first-order valence-electron chi connectivity index (χ1n) is 5.64. The summed E-state index contributed by atoms with van der Waals surface area (Å²) in [5, 5.41) is 12.4. The SMILES string of the molecule is N#Cc1cc(Nc2ccc(Cl)c(Cl)c2)ccc1C(F)(F)F. The van der Waals surface area contributed by atoms with E-state index in [1.807, 2.05) is 0 Å². The van der Waals surface area contributed by atoms with Gasteiger partial charge in [0.05, 0.1) is 27.2 Å². The molecule has 0 saturated heterocycles. The molecule has 0 unspecified atom stereocenters. The summed E-state index contributed by atoms with van der Waals surface area (Å²) in [6.45, 7) is 0. The van der Waals surface area contributed by atoms with Crippen molar-refractivity contribution in [2.24, 2.45) is 0 Å². The topological polar surface area (TPSA) is 35.8 Å². The Balaban J connectivity index is 2.34. The van der Waals surface area contributed by atoms with E-state index in [1.54, 1.807) is 18.2 Å². The van der Waals surface area contributed by atoms with Crippen LogP contribution in [0.3, 0.4) is 0 Å². The van der Waals surface area contributed by atoms with Gasteiger partial charge in [0.1, 0.15) is 0 Å². The molecule has 2 aromatic carbocycles. The molecule has 0 fully saturated rings. The van der Waals surface area contributed by atoms with E-state index in [0.717, 1.165) is 12.1 Å². The fourth-order valence-corrected chi connectivity index (χ4v) is 2.00. The molecule has 108 valence electrons. The summed E-state index contributed by atoms with van der Waals surface area (Å²) in [5.74, 6) is 0. The maximum atomic E-state index is 12.7. The van der Waals surface area contributed by atoms with Crippen LogP contribution in [0, 0.1) is 11.3 Å². The maximum absolute atomic E-state index is 12.7. The second kappa shape index (κ2) is 5.84. The second-order valence-corrected chi connectivity index (χ2v) is 4.94. The van der Waals surface area contributed by atoms with Crippen molar-refractivity contribution in [3.63, 3.8) is 0 Å². The molecular formula is C14H7Cl2F3N2. The van der Waals surface area contributed by atoms with E-state index in [-0.39, 0.29) is 0 Å². The van der Waals surface area contributed by atoms with Gasteiger partial charge in [-0.3, -0.25) is 0 Å². The number of rotatable bonds is 2. The van der Waals surface area contributed by atoms with Crippen molar-refractivity contribution in [2.75, 3.05) is 5.32 Å². The molecule has 0 saturated carbocycles. The number of benzene rings is 2. The third-order valence-electron chi connectivity index (χ3n) is 2.65.